The Morgan fingerprint density at radius 1 is 1.07 bits per heavy atom. The number of thiazole rings is 1. The highest BCUT2D eigenvalue weighted by Gasteiger charge is 2.32. The van der Waals surface area contributed by atoms with Gasteiger partial charge in [0, 0.05) is 12.1 Å². The van der Waals surface area contributed by atoms with Gasteiger partial charge in [0.1, 0.15) is 6.61 Å². The summed E-state index contributed by atoms with van der Waals surface area (Å²) in [4.78, 5) is 42.1. The second-order valence-electron chi connectivity index (χ2n) is 9.34. The molecule has 10 nitrogen and oxygen atoms in total. The van der Waals surface area contributed by atoms with Gasteiger partial charge in [-0.05, 0) is 60.9 Å². The normalized spacial score (nSPS) is 14.6. The molecule has 11 heteroatoms. The van der Waals surface area contributed by atoms with E-state index in [1.165, 1.54) is 35.1 Å². The van der Waals surface area contributed by atoms with Crippen molar-refractivity contribution in [1.82, 2.24) is 4.57 Å². The zero-order valence-electron chi connectivity index (χ0n) is 23.1. The topological polar surface area (TPSA) is 122 Å². The lowest BCUT2D eigenvalue weighted by molar-refractivity contribution is -0.384. The van der Waals surface area contributed by atoms with Crippen LogP contribution in [0.3, 0.4) is 0 Å². The van der Waals surface area contributed by atoms with E-state index in [4.69, 9.17) is 14.2 Å². The molecule has 1 aliphatic heterocycles. The summed E-state index contributed by atoms with van der Waals surface area (Å²) in [5, 5.41) is 10.9. The van der Waals surface area contributed by atoms with E-state index >= 15 is 0 Å². The molecule has 0 spiro atoms. The molecule has 3 aromatic carbocycles. The number of nitro benzene ring substituents is 1. The summed E-state index contributed by atoms with van der Waals surface area (Å²) in [6, 6.07) is 20.1. The number of nitrogens with zero attached hydrogens (tertiary/aromatic N) is 3. The quantitative estimate of drug-likeness (QED) is 0.163. The zero-order valence-corrected chi connectivity index (χ0v) is 23.9. The lowest BCUT2D eigenvalue weighted by atomic mass is 9.96. The predicted octanol–water partition coefficient (Wildman–Crippen LogP) is 4.29. The van der Waals surface area contributed by atoms with Gasteiger partial charge >= 0.3 is 5.97 Å². The summed E-state index contributed by atoms with van der Waals surface area (Å²) in [5.74, 6) is 0.452. The SMILES string of the molecule is CCOc1cc(C=c2sc3n(c2=O)C(c2ccccc2)C(C(=O)OC)=C(C)N=3)ccc1OCc1ccc([N+](=O)[O-])cc1. The third kappa shape index (κ3) is 5.72. The van der Waals surface area contributed by atoms with Crippen molar-refractivity contribution in [2.24, 2.45) is 4.99 Å². The molecule has 0 saturated heterocycles. The van der Waals surface area contributed by atoms with Gasteiger partial charge in [-0.2, -0.15) is 0 Å². The first-order valence-corrected chi connectivity index (χ1v) is 13.9. The smallest absolute Gasteiger partial charge is 0.338 e. The Balaban J connectivity index is 1.50. The number of rotatable bonds is 9. The van der Waals surface area contributed by atoms with E-state index in [0.717, 1.165) is 11.1 Å². The maximum absolute atomic E-state index is 13.8. The second kappa shape index (κ2) is 12.2. The van der Waals surface area contributed by atoms with Crippen LogP contribution in [0, 0.1) is 10.1 Å². The molecular weight excluding hydrogens is 558 g/mol. The van der Waals surface area contributed by atoms with Crippen LogP contribution in [-0.2, 0) is 16.1 Å². The Kier molecular flexibility index (Phi) is 8.30. The molecule has 0 aliphatic carbocycles. The molecule has 0 fully saturated rings. The van der Waals surface area contributed by atoms with Gasteiger partial charge in [-0.15, -0.1) is 0 Å². The minimum absolute atomic E-state index is 0.00941. The number of non-ortho nitro benzene ring substituents is 1. The molecule has 0 saturated carbocycles. The number of nitro groups is 1. The first-order valence-electron chi connectivity index (χ1n) is 13.1. The Morgan fingerprint density at radius 2 is 1.81 bits per heavy atom. The van der Waals surface area contributed by atoms with Crippen molar-refractivity contribution in [2.45, 2.75) is 26.5 Å². The minimum atomic E-state index is -0.675. The number of carbonyl (C=O) groups excluding carboxylic acids is 1. The highest BCUT2D eigenvalue weighted by Crippen LogP contribution is 2.31. The van der Waals surface area contributed by atoms with Gasteiger partial charge in [0.2, 0.25) is 0 Å². The molecule has 1 aromatic heterocycles. The zero-order chi connectivity index (χ0) is 29.8. The molecule has 5 rings (SSSR count). The van der Waals surface area contributed by atoms with Crippen LogP contribution >= 0.6 is 11.3 Å². The summed E-state index contributed by atoms with van der Waals surface area (Å²) in [7, 11) is 1.31. The lowest BCUT2D eigenvalue weighted by Crippen LogP contribution is -2.39. The maximum Gasteiger partial charge on any atom is 0.338 e. The van der Waals surface area contributed by atoms with E-state index in [1.807, 2.05) is 43.3 Å². The Bertz CT molecular complexity index is 1860. The fourth-order valence-electron chi connectivity index (χ4n) is 4.67. The van der Waals surface area contributed by atoms with E-state index in [2.05, 4.69) is 4.99 Å². The summed E-state index contributed by atoms with van der Waals surface area (Å²) >= 11 is 1.24. The van der Waals surface area contributed by atoms with Crippen molar-refractivity contribution in [1.29, 1.82) is 0 Å². The second-order valence-corrected chi connectivity index (χ2v) is 10.3. The number of fused-ring (bicyclic) bond motifs is 1. The van der Waals surface area contributed by atoms with E-state index in [9.17, 15) is 19.7 Å². The summed E-state index contributed by atoms with van der Waals surface area (Å²) in [6.07, 6.45) is 1.76. The molecular formula is C31H27N3O7S. The standard InChI is InChI=1S/C31H27N3O7S/c1-4-40-25-16-21(12-15-24(25)41-18-20-10-13-23(14-11-20)34(37)38)17-26-29(35)33-28(22-8-6-5-7-9-22)27(30(36)39-3)19(2)32-31(33)42-26/h5-17,28H,4,18H2,1-3H3. The average Bonchev–Trinajstić information content (AvgIpc) is 3.30. The van der Waals surface area contributed by atoms with Gasteiger partial charge in [0.15, 0.2) is 16.3 Å². The Labute approximate surface area is 244 Å². The van der Waals surface area contributed by atoms with Crippen molar-refractivity contribution in [3.8, 4) is 11.5 Å². The third-order valence-electron chi connectivity index (χ3n) is 6.65. The van der Waals surface area contributed by atoms with E-state index in [1.54, 1.807) is 37.3 Å². The lowest BCUT2D eigenvalue weighted by Gasteiger charge is -2.24. The Hall–Kier alpha value is -5.03. The summed E-state index contributed by atoms with van der Waals surface area (Å²) < 4.78 is 18.8. The highest BCUT2D eigenvalue weighted by atomic mass is 32.1. The third-order valence-corrected chi connectivity index (χ3v) is 7.63. The predicted molar refractivity (Wildman–Crippen MR) is 157 cm³/mol. The van der Waals surface area contributed by atoms with Crippen LogP contribution < -0.4 is 24.4 Å². The van der Waals surface area contributed by atoms with Gasteiger partial charge in [0.05, 0.1) is 40.5 Å². The minimum Gasteiger partial charge on any atom is -0.490 e. The van der Waals surface area contributed by atoms with Crippen molar-refractivity contribution in [3.63, 3.8) is 0 Å². The molecule has 1 atom stereocenters. The fourth-order valence-corrected chi connectivity index (χ4v) is 5.72. The number of carbonyl (C=O) groups is 1. The van der Waals surface area contributed by atoms with Crippen LogP contribution in [0.25, 0.3) is 6.08 Å². The molecule has 2 heterocycles. The van der Waals surface area contributed by atoms with Crippen molar-refractivity contribution in [3.05, 3.63) is 131 Å². The van der Waals surface area contributed by atoms with Gasteiger partial charge in [-0.1, -0.05) is 47.7 Å². The number of esters is 1. The molecule has 0 bridgehead atoms. The fraction of sp³-hybridized carbons (Fsp3) is 0.194. The molecule has 0 N–H and O–H groups in total. The number of benzene rings is 3. The number of ether oxygens (including phenoxy) is 3. The molecule has 1 aliphatic rings. The van der Waals surface area contributed by atoms with Crippen molar-refractivity contribution in [2.75, 3.05) is 13.7 Å². The molecule has 1 unspecified atom stereocenters. The van der Waals surface area contributed by atoms with Crippen LogP contribution in [0.15, 0.2) is 93.9 Å². The highest BCUT2D eigenvalue weighted by molar-refractivity contribution is 7.07. The van der Waals surface area contributed by atoms with Gasteiger partial charge in [0.25, 0.3) is 11.2 Å². The van der Waals surface area contributed by atoms with Crippen molar-refractivity contribution < 1.29 is 23.9 Å². The largest absolute Gasteiger partial charge is 0.490 e. The van der Waals surface area contributed by atoms with Crippen LogP contribution in [0.4, 0.5) is 5.69 Å². The first kappa shape index (κ1) is 28.5. The molecule has 42 heavy (non-hydrogen) atoms. The van der Waals surface area contributed by atoms with E-state index < -0.39 is 16.9 Å². The van der Waals surface area contributed by atoms with Crippen LogP contribution in [0.2, 0.25) is 0 Å². The van der Waals surface area contributed by atoms with E-state index in [-0.39, 0.29) is 17.9 Å². The monoisotopic (exact) mass is 585 g/mol. The number of aromatic nitrogens is 1. The number of allylic oxidation sites excluding steroid dienone is 1. The number of hydrogen-bond acceptors (Lipinski definition) is 9. The average molecular weight is 586 g/mol. The Morgan fingerprint density at radius 3 is 2.48 bits per heavy atom. The van der Waals surface area contributed by atoms with Crippen LogP contribution in [0.5, 0.6) is 11.5 Å². The maximum atomic E-state index is 13.8. The summed E-state index contributed by atoms with van der Waals surface area (Å²) in [6.45, 7) is 4.18. The van der Waals surface area contributed by atoms with Crippen LogP contribution in [0.1, 0.15) is 36.6 Å². The molecule has 0 amide bonds. The van der Waals surface area contributed by atoms with Gasteiger partial charge in [-0.3, -0.25) is 19.5 Å². The number of hydrogen-bond donors (Lipinski definition) is 0. The van der Waals surface area contributed by atoms with Crippen LogP contribution in [-0.4, -0.2) is 29.2 Å². The van der Waals surface area contributed by atoms with Gasteiger partial charge in [-0.25, -0.2) is 9.79 Å². The van der Waals surface area contributed by atoms with Crippen molar-refractivity contribution >= 4 is 29.1 Å². The number of methoxy groups -OCH3 is 1. The summed E-state index contributed by atoms with van der Waals surface area (Å²) in [5.41, 5.74) is 2.79. The molecule has 0 radical (unpaired) electrons. The van der Waals surface area contributed by atoms with Gasteiger partial charge < -0.3 is 14.2 Å². The van der Waals surface area contributed by atoms with E-state index in [0.29, 0.717) is 44.3 Å². The molecule has 4 aromatic rings. The first-order chi connectivity index (χ1) is 20.3. The molecule has 214 valence electrons.